The van der Waals surface area contributed by atoms with Crippen LogP contribution < -0.4 is 0 Å². The highest BCUT2D eigenvalue weighted by molar-refractivity contribution is 7.89. The molecule has 1 aliphatic heterocycles. The standard InChI is InChI=1S/C15H24N2O5S/c1-5-17(15(2,3)4)14(18)12-6-7-13(22-12)23(19,20)16-8-10-21-11-9-16/h6-7H,5,8-11H2,1-4H3. The lowest BCUT2D eigenvalue weighted by molar-refractivity contribution is 0.0558. The molecule has 23 heavy (non-hydrogen) atoms. The third-order valence-corrected chi connectivity index (χ3v) is 5.50. The van der Waals surface area contributed by atoms with Crippen LogP contribution in [0.2, 0.25) is 0 Å². The average molecular weight is 344 g/mol. The molecule has 0 radical (unpaired) electrons. The number of carbonyl (C=O) groups is 1. The number of nitrogens with zero attached hydrogens (tertiary/aromatic N) is 2. The minimum atomic E-state index is -3.73. The van der Waals surface area contributed by atoms with Gasteiger partial charge in [-0.3, -0.25) is 4.79 Å². The van der Waals surface area contributed by atoms with Crippen LogP contribution in [0.1, 0.15) is 38.2 Å². The molecule has 0 aliphatic carbocycles. The van der Waals surface area contributed by atoms with Crippen molar-refractivity contribution in [1.29, 1.82) is 0 Å². The minimum absolute atomic E-state index is 0.0357. The Labute approximate surface area is 137 Å². The zero-order valence-electron chi connectivity index (χ0n) is 14.0. The Bertz CT molecular complexity index is 654. The van der Waals surface area contributed by atoms with Crippen LogP contribution in [0.4, 0.5) is 0 Å². The summed E-state index contributed by atoms with van der Waals surface area (Å²) in [6, 6.07) is 2.76. The Balaban J connectivity index is 2.24. The summed E-state index contributed by atoms with van der Waals surface area (Å²) < 4.78 is 36.9. The van der Waals surface area contributed by atoms with Crippen molar-refractivity contribution in [1.82, 2.24) is 9.21 Å². The van der Waals surface area contributed by atoms with Crippen LogP contribution in [0, 0.1) is 0 Å². The van der Waals surface area contributed by atoms with E-state index >= 15 is 0 Å². The van der Waals surface area contributed by atoms with Crippen LogP contribution in [0.15, 0.2) is 21.6 Å². The van der Waals surface area contributed by atoms with Gasteiger partial charge in [0.05, 0.1) is 13.2 Å². The lowest BCUT2D eigenvalue weighted by Gasteiger charge is -2.34. The minimum Gasteiger partial charge on any atom is -0.438 e. The first kappa shape index (κ1) is 18.0. The van der Waals surface area contributed by atoms with Gasteiger partial charge >= 0.3 is 0 Å². The molecule has 0 N–H and O–H groups in total. The topological polar surface area (TPSA) is 80.1 Å². The van der Waals surface area contributed by atoms with Gasteiger partial charge in [0.25, 0.3) is 15.9 Å². The fraction of sp³-hybridized carbons (Fsp3) is 0.667. The Kier molecular flexibility index (Phi) is 5.17. The van der Waals surface area contributed by atoms with Gasteiger partial charge in [-0.15, -0.1) is 0 Å². The summed E-state index contributed by atoms with van der Waals surface area (Å²) in [5, 5.41) is -0.201. The molecule has 0 saturated carbocycles. The number of morpholine rings is 1. The fourth-order valence-electron chi connectivity index (χ4n) is 2.54. The van der Waals surface area contributed by atoms with Crippen molar-refractivity contribution in [3.05, 3.63) is 17.9 Å². The largest absolute Gasteiger partial charge is 0.438 e. The number of hydrogen-bond acceptors (Lipinski definition) is 5. The molecule has 130 valence electrons. The Morgan fingerprint density at radius 2 is 1.87 bits per heavy atom. The van der Waals surface area contributed by atoms with E-state index in [1.807, 2.05) is 27.7 Å². The number of rotatable bonds is 4. The van der Waals surface area contributed by atoms with Crippen LogP contribution in [0.25, 0.3) is 0 Å². The molecule has 1 saturated heterocycles. The van der Waals surface area contributed by atoms with Crippen molar-refractivity contribution in [2.24, 2.45) is 0 Å². The molecule has 2 heterocycles. The van der Waals surface area contributed by atoms with Crippen molar-refractivity contribution >= 4 is 15.9 Å². The molecule has 0 bridgehead atoms. The van der Waals surface area contributed by atoms with Crippen molar-refractivity contribution in [3.8, 4) is 0 Å². The first-order valence-electron chi connectivity index (χ1n) is 7.67. The molecule has 1 amide bonds. The van der Waals surface area contributed by atoms with Crippen molar-refractivity contribution in [3.63, 3.8) is 0 Å². The highest BCUT2D eigenvalue weighted by atomic mass is 32.2. The zero-order valence-corrected chi connectivity index (χ0v) is 14.9. The number of amides is 1. The Morgan fingerprint density at radius 3 is 2.39 bits per heavy atom. The van der Waals surface area contributed by atoms with Gasteiger partial charge in [-0.25, -0.2) is 8.42 Å². The van der Waals surface area contributed by atoms with Gasteiger partial charge in [0, 0.05) is 25.2 Å². The molecule has 0 atom stereocenters. The smallest absolute Gasteiger partial charge is 0.290 e. The molecule has 0 aromatic carbocycles. The van der Waals surface area contributed by atoms with E-state index in [4.69, 9.17) is 9.15 Å². The van der Waals surface area contributed by atoms with Crippen LogP contribution in [0.3, 0.4) is 0 Å². The highest BCUT2D eigenvalue weighted by Gasteiger charge is 2.32. The van der Waals surface area contributed by atoms with Gasteiger partial charge in [-0.05, 0) is 39.8 Å². The average Bonchev–Trinajstić information content (AvgIpc) is 2.98. The van der Waals surface area contributed by atoms with E-state index in [1.165, 1.54) is 16.4 Å². The monoisotopic (exact) mass is 344 g/mol. The van der Waals surface area contributed by atoms with Gasteiger partial charge in [0.15, 0.2) is 5.76 Å². The molecule has 1 aromatic heterocycles. The first-order chi connectivity index (χ1) is 10.7. The number of carbonyl (C=O) groups excluding carboxylic acids is 1. The van der Waals surface area contributed by atoms with E-state index in [1.54, 1.807) is 4.90 Å². The maximum absolute atomic E-state index is 12.5. The van der Waals surface area contributed by atoms with Gasteiger partial charge < -0.3 is 14.1 Å². The van der Waals surface area contributed by atoms with E-state index in [-0.39, 0.29) is 35.4 Å². The van der Waals surface area contributed by atoms with E-state index in [9.17, 15) is 13.2 Å². The van der Waals surface area contributed by atoms with Crippen molar-refractivity contribution in [2.75, 3.05) is 32.8 Å². The third-order valence-electron chi connectivity index (χ3n) is 3.73. The summed E-state index contributed by atoms with van der Waals surface area (Å²) in [5.74, 6) is -0.281. The van der Waals surface area contributed by atoms with E-state index in [0.717, 1.165) is 0 Å². The van der Waals surface area contributed by atoms with Crippen molar-refractivity contribution in [2.45, 2.75) is 38.3 Å². The molecule has 0 spiro atoms. The molecule has 2 rings (SSSR count). The molecule has 0 unspecified atom stereocenters. The lowest BCUT2D eigenvalue weighted by atomic mass is 10.1. The van der Waals surface area contributed by atoms with Gasteiger partial charge in [-0.2, -0.15) is 4.31 Å². The van der Waals surface area contributed by atoms with Gasteiger partial charge in [-0.1, -0.05) is 0 Å². The fourth-order valence-corrected chi connectivity index (χ4v) is 3.86. The quantitative estimate of drug-likeness (QED) is 0.828. The van der Waals surface area contributed by atoms with Crippen LogP contribution in [-0.4, -0.2) is 61.9 Å². The van der Waals surface area contributed by atoms with E-state index < -0.39 is 10.0 Å². The first-order valence-corrected chi connectivity index (χ1v) is 9.11. The SMILES string of the molecule is CCN(C(=O)c1ccc(S(=O)(=O)N2CCOCC2)o1)C(C)(C)C. The van der Waals surface area contributed by atoms with E-state index in [2.05, 4.69) is 0 Å². The maximum atomic E-state index is 12.5. The summed E-state index contributed by atoms with van der Waals surface area (Å²) in [5.41, 5.74) is -0.373. The molecular formula is C15H24N2O5S. The summed E-state index contributed by atoms with van der Waals surface area (Å²) >= 11 is 0. The second-order valence-electron chi connectivity index (χ2n) is 6.36. The molecule has 1 fully saturated rings. The normalized spacial score (nSPS) is 17.2. The van der Waals surface area contributed by atoms with Crippen LogP contribution in [0.5, 0.6) is 0 Å². The third kappa shape index (κ3) is 3.76. The lowest BCUT2D eigenvalue weighted by Crippen LogP contribution is -2.45. The summed E-state index contributed by atoms with van der Waals surface area (Å²) in [4.78, 5) is 14.2. The molecular weight excluding hydrogens is 320 g/mol. The number of hydrogen-bond donors (Lipinski definition) is 0. The summed E-state index contributed by atoms with van der Waals surface area (Å²) in [7, 11) is -3.73. The molecule has 8 heteroatoms. The Morgan fingerprint density at radius 1 is 1.26 bits per heavy atom. The maximum Gasteiger partial charge on any atom is 0.290 e. The molecule has 1 aliphatic rings. The predicted octanol–water partition coefficient (Wildman–Crippen LogP) is 1.56. The highest BCUT2D eigenvalue weighted by Crippen LogP contribution is 2.23. The second kappa shape index (κ2) is 6.62. The van der Waals surface area contributed by atoms with Crippen molar-refractivity contribution < 1.29 is 22.4 Å². The van der Waals surface area contributed by atoms with Crippen LogP contribution >= 0.6 is 0 Å². The molecule has 1 aromatic rings. The zero-order chi connectivity index (χ0) is 17.3. The van der Waals surface area contributed by atoms with Crippen LogP contribution in [-0.2, 0) is 14.8 Å². The second-order valence-corrected chi connectivity index (χ2v) is 8.22. The Hall–Kier alpha value is -1.38. The number of ether oxygens (including phenoxy) is 1. The predicted molar refractivity (Wildman–Crippen MR) is 84.7 cm³/mol. The number of sulfonamides is 1. The summed E-state index contributed by atoms with van der Waals surface area (Å²) in [6.45, 7) is 9.43. The van der Waals surface area contributed by atoms with Gasteiger partial charge in [0.1, 0.15) is 0 Å². The number of furan rings is 1. The molecule has 7 nitrogen and oxygen atoms in total. The summed E-state index contributed by atoms with van der Waals surface area (Å²) in [6.07, 6.45) is 0. The van der Waals surface area contributed by atoms with E-state index in [0.29, 0.717) is 19.8 Å². The van der Waals surface area contributed by atoms with Gasteiger partial charge in [0.2, 0.25) is 5.09 Å².